The Morgan fingerprint density at radius 1 is 1.10 bits per heavy atom. The maximum absolute atomic E-state index is 8.55. The first kappa shape index (κ1) is 32.5. The van der Waals surface area contributed by atoms with Gasteiger partial charge in [0.2, 0.25) is 0 Å². The zero-order chi connectivity index (χ0) is 4.99. The van der Waals surface area contributed by atoms with Crippen LogP contribution in [0.1, 0.15) is 56.4 Å². The van der Waals surface area contributed by atoms with E-state index in [1.807, 2.05) is 6.92 Å². The van der Waals surface area contributed by atoms with E-state index in [2.05, 4.69) is 6.92 Å². The molecule has 0 radical (unpaired) electrons. The molecule has 10 heavy (non-hydrogen) atoms. The molecule has 1 N–H and O–H groups in total. The Bertz CT molecular complexity index is 25.9. The van der Waals surface area contributed by atoms with Crippen molar-refractivity contribution in [2.75, 3.05) is 0 Å². The van der Waals surface area contributed by atoms with Crippen LogP contribution in [0.2, 0.25) is 0 Å². The Morgan fingerprint density at radius 3 is 1.40 bits per heavy atom. The molecule has 0 amide bonds. The smallest absolute Gasteiger partial charge is 0.0512 e. The van der Waals surface area contributed by atoms with Crippen LogP contribution in [-0.4, -0.2) is 11.2 Å². The van der Waals surface area contributed by atoms with Crippen molar-refractivity contribution >= 4 is 0 Å². The number of hydrogen-bond acceptors (Lipinski definition) is 1. The molecular weight excluding hydrogens is 124 g/mol. The fraction of sp³-hybridized carbons (Fsp3) is 1.00. The first-order valence-electron chi connectivity index (χ1n) is 2.45. The molecule has 0 bridgehead atoms. The van der Waals surface area contributed by atoms with Gasteiger partial charge in [0.15, 0.2) is 0 Å². The minimum absolute atomic E-state index is 0. The van der Waals surface area contributed by atoms with E-state index in [-0.39, 0.29) is 35.8 Å². The van der Waals surface area contributed by atoms with Crippen LogP contribution in [0.25, 0.3) is 0 Å². The summed E-state index contributed by atoms with van der Waals surface area (Å²) in [5, 5.41) is 8.55. The maximum Gasteiger partial charge on any atom is 0.0512 e. The topological polar surface area (TPSA) is 20.2 Å². The van der Waals surface area contributed by atoms with Gasteiger partial charge in [0, 0.05) is 0 Å². The first-order chi connectivity index (χ1) is 2.77. The molecule has 0 fully saturated rings. The van der Waals surface area contributed by atoms with Crippen LogP contribution in [-0.2, 0) is 0 Å². The van der Waals surface area contributed by atoms with Crippen molar-refractivity contribution in [3.8, 4) is 0 Å². The van der Waals surface area contributed by atoms with Crippen LogP contribution in [0.5, 0.6) is 0 Å². The highest BCUT2D eigenvalue weighted by Gasteiger charge is 1.87. The van der Waals surface area contributed by atoms with Crippen LogP contribution >= 0.6 is 0 Å². The second kappa shape index (κ2) is 23.1. The number of aliphatic hydroxyl groups excluding tert-OH is 1. The highest BCUT2D eigenvalue weighted by Crippen LogP contribution is 1.91. The van der Waals surface area contributed by atoms with E-state index in [4.69, 9.17) is 5.11 Å². The van der Waals surface area contributed by atoms with Gasteiger partial charge in [-0.1, -0.05) is 43.1 Å². The highest BCUT2D eigenvalue weighted by molar-refractivity contribution is 4.40. The number of hydrogen-bond donors (Lipinski definition) is 1. The van der Waals surface area contributed by atoms with Crippen molar-refractivity contribution in [1.29, 1.82) is 0 Å². The van der Waals surface area contributed by atoms with Crippen LogP contribution in [0, 0.1) is 0 Å². The minimum Gasteiger partial charge on any atom is -0.393 e. The quantitative estimate of drug-likeness (QED) is 0.639. The monoisotopic (exact) mass is 152 g/mol. The van der Waals surface area contributed by atoms with E-state index in [0.29, 0.717) is 0 Å². The Balaban J connectivity index is -0.0000000208. The van der Waals surface area contributed by atoms with Crippen LogP contribution < -0.4 is 0 Å². The summed E-state index contributed by atoms with van der Waals surface area (Å²) in [5.41, 5.74) is 0. The van der Waals surface area contributed by atoms with Gasteiger partial charge in [-0.05, 0) is 13.3 Å². The highest BCUT2D eigenvalue weighted by atomic mass is 16.3. The lowest BCUT2D eigenvalue weighted by Crippen LogP contribution is -1.95. The summed E-state index contributed by atoms with van der Waals surface area (Å²) in [5.74, 6) is 0. The van der Waals surface area contributed by atoms with Crippen molar-refractivity contribution in [3.05, 3.63) is 0 Å². The molecule has 0 saturated heterocycles. The largest absolute Gasteiger partial charge is 0.393 e. The van der Waals surface area contributed by atoms with Gasteiger partial charge in [0.05, 0.1) is 6.10 Å². The maximum atomic E-state index is 8.55. The average molecular weight is 152 g/mol. The second-order valence-corrected chi connectivity index (χ2v) is 1.64. The van der Waals surface area contributed by atoms with E-state index in [0.717, 1.165) is 12.8 Å². The van der Waals surface area contributed by atoms with E-state index < -0.39 is 0 Å². The first-order valence-corrected chi connectivity index (χ1v) is 2.45. The Kier molecular flexibility index (Phi) is 75.0. The Labute approximate surface area is 68.5 Å². The summed E-state index contributed by atoms with van der Waals surface area (Å²) in [6.07, 6.45) is 1.91. The SMILES string of the molecule is C.C.C.C.CCC[C@@H](C)O. The summed E-state index contributed by atoms with van der Waals surface area (Å²) in [7, 11) is 0. The van der Waals surface area contributed by atoms with Crippen LogP contribution in [0.15, 0.2) is 0 Å². The molecule has 1 atom stereocenters. The Hall–Kier alpha value is -0.0400. The van der Waals surface area contributed by atoms with Gasteiger partial charge in [0.1, 0.15) is 0 Å². The van der Waals surface area contributed by atoms with Gasteiger partial charge in [-0.15, -0.1) is 0 Å². The number of rotatable bonds is 2. The molecule has 0 spiro atoms. The molecule has 0 saturated carbocycles. The van der Waals surface area contributed by atoms with Crippen molar-refractivity contribution in [2.24, 2.45) is 0 Å². The summed E-state index contributed by atoms with van der Waals surface area (Å²) >= 11 is 0. The average Bonchev–Trinajstić information content (AvgIpc) is 1.35. The zero-order valence-electron chi connectivity index (χ0n) is 4.44. The third kappa shape index (κ3) is 44.0. The fourth-order valence-electron chi connectivity index (χ4n) is 0.418. The van der Waals surface area contributed by atoms with E-state index in [1.54, 1.807) is 0 Å². The van der Waals surface area contributed by atoms with Gasteiger partial charge in [-0.2, -0.15) is 0 Å². The van der Waals surface area contributed by atoms with Crippen LogP contribution in [0.4, 0.5) is 0 Å². The normalized spacial score (nSPS) is 8.70. The van der Waals surface area contributed by atoms with Crippen molar-refractivity contribution in [1.82, 2.24) is 0 Å². The van der Waals surface area contributed by atoms with E-state index in [9.17, 15) is 0 Å². The molecule has 0 unspecified atom stereocenters. The molecule has 0 aliphatic heterocycles. The van der Waals surface area contributed by atoms with Crippen LogP contribution in [0.3, 0.4) is 0 Å². The van der Waals surface area contributed by atoms with Crippen molar-refractivity contribution in [2.45, 2.75) is 62.5 Å². The summed E-state index contributed by atoms with van der Waals surface area (Å²) < 4.78 is 0. The lowest BCUT2D eigenvalue weighted by atomic mass is 10.2. The van der Waals surface area contributed by atoms with Crippen molar-refractivity contribution in [3.63, 3.8) is 0 Å². The van der Waals surface area contributed by atoms with Gasteiger partial charge in [0.25, 0.3) is 0 Å². The molecule has 0 aromatic heterocycles. The van der Waals surface area contributed by atoms with Gasteiger partial charge < -0.3 is 5.11 Å². The summed E-state index contributed by atoms with van der Waals surface area (Å²) in [6.45, 7) is 3.87. The standard InChI is InChI=1S/C5H12O.4CH4/c1-3-4-5(2)6;;;;/h5-6H,3-4H2,1-2H3;4*1H4/t5-;;;;/m1..../s1. The molecule has 1 nitrogen and oxygen atoms in total. The lowest BCUT2D eigenvalue weighted by Gasteiger charge is -1.95. The van der Waals surface area contributed by atoms with Gasteiger partial charge in [-0.3, -0.25) is 0 Å². The molecule has 0 aromatic rings. The molecule has 0 aromatic carbocycles. The lowest BCUT2D eigenvalue weighted by molar-refractivity contribution is 0.183. The summed E-state index contributed by atoms with van der Waals surface area (Å²) in [6, 6.07) is 0. The van der Waals surface area contributed by atoms with Gasteiger partial charge in [-0.25, -0.2) is 0 Å². The molecule has 0 aliphatic rings. The Morgan fingerprint density at radius 2 is 1.40 bits per heavy atom. The molecule has 0 aliphatic carbocycles. The van der Waals surface area contributed by atoms with Crippen molar-refractivity contribution < 1.29 is 5.11 Å². The third-order valence-corrected chi connectivity index (χ3v) is 0.706. The van der Waals surface area contributed by atoms with Gasteiger partial charge >= 0.3 is 0 Å². The van der Waals surface area contributed by atoms with E-state index >= 15 is 0 Å². The molecule has 0 heterocycles. The predicted octanol–water partition coefficient (Wildman–Crippen LogP) is 3.71. The second-order valence-electron chi connectivity index (χ2n) is 1.64. The third-order valence-electron chi connectivity index (χ3n) is 0.706. The van der Waals surface area contributed by atoms with E-state index in [1.165, 1.54) is 0 Å². The molecular formula is C9H28O. The fourth-order valence-corrected chi connectivity index (χ4v) is 0.418. The molecule has 1 heteroatoms. The summed E-state index contributed by atoms with van der Waals surface area (Å²) in [4.78, 5) is 0. The number of aliphatic hydroxyl groups is 1. The molecule has 0 rings (SSSR count). The zero-order valence-corrected chi connectivity index (χ0v) is 4.44. The predicted molar refractivity (Wildman–Crippen MR) is 53.5 cm³/mol. The minimum atomic E-state index is -0.102. The molecule has 70 valence electrons.